The zero-order valence-corrected chi connectivity index (χ0v) is 28.2. The number of benzene rings is 3. The number of aryl methyl sites for hydroxylation is 1. The average molecular weight is 697 g/mol. The van der Waals surface area contributed by atoms with E-state index in [0.717, 1.165) is 28.3 Å². The lowest BCUT2D eigenvalue weighted by atomic mass is 9.82. The first-order chi connectivity index (χ1) is 23.5. The minimum atomic E-state index is -1.35. The molecule has 2 aliphatic heterocycles. The number of hydrogen-bond donors (Lipinski definition) is 2. The molecule has 2 bridgehead atoms. The number of nitrogens with two attached hydrogens (primary N) is 1. The van der Waals surface area contributed by atoms with Gasteiger partial charge < -0.3 is 25.6 Å². The van der Waals surface area contributed by atoms with Gasteiger partial charge in [0, 0.05) is 42.8 Å². The van der Waals surface area contributed by atoms with Gasteiger partial charge in [0.15, 0.2) is 17.4 Å². The number of nitrogens with zero attached hydrogens (tertiary/aromatic N) is 2. The summed E-state index contributed by atoms with van der Waals surface area (Å²) in [7, 11) is 0. The van der Waals surface area contributed by atoms with Crippen LogP contribution in [0.25, 0.3) is 5.57 Å². The van der Waals surface area contributed by atoms with Crippen molar-refractivity contribution in [2.75, 3.05) is 26.2 Å². The topological polar surface area (TPSA) is 105 Å². The first-order valence-corrected chi connectivity index (χ1v) is 16.9. The van der Waals surface area contributed by atoms with Crippen molar-refractivity contribution in [3.63, 3.8) is 0 Å². The van der Waals surface area contributed by atoms with Gasteiger partial charge in [0.25, 0.3) is 5.91 Å². The van der Waals surface area contributed by atoms with Gasteiger partial charge in [0.2, 0.25) is 17.6 Å². The first-order valence-electron chi connectivity index (χ1n) is 16.5. The maximum absolute atomic E-state index is 14.4. The van der Waals surface area contributed by atoms with Crippen molar-refractivity contribution in [3.8, 4) is 5.75 Å². The van der Waals surface area contributed by atoms with Crippen LogP contribution in [0, 0.1) is 23.4 Å². The molecule has 0 radical (unpaired) electrons. The maximum atomic E-state index is 14.4. The van der Waals surface area contributed by atoms with Gasteiger partial charge in [-0.25, -0.2) is 8.78 Å². The van der Waals surface area contributed by atoms with Crippen LogP contribution in [0.15, 0.2) is 66.2 Å². The van der Waals surface area contributed by atoms with Crippen molar-refractivity contribution in [2.45, 2.75) is 58.2 Å². The zero-order valence-electron chi connectivity index (χ0n) is 27.5. The fourth-order valence-electron chi connectivity index (χ4n) is 6.56. The smallest absolute Gasteiger partial charge is 0.252 e. The van der Waals surface area contributed by atoms with Gasteiger partial charge in [-0.05, 0) is 73.1 Å². The molecule has 3 atom stereocenters. The fourth-order valence-corrected chi connectivity index (χ4v) is 6.75. The molecule has 1 saturated heterocycles. The Labute approximate surface area is 289 Å². The summed E-state index contributed by atoms with van der Waals surface area (Å²) >= 11 is 6.46. The highest BCUT2D eigenvalue weighted by Crippen LogP contribution is 2.35. The van der Waals surface area contributed by atoms with E-state index in [1.807, 2.05) is 49.4 Å². The minimum absolute atomic E-state index is 0.0139. The van der Waals surface area contributed by atoms with Gasteiger partial charge in [0.05, 0.1) is 12.6 Å². The van der Waals surface area contributed by atoms with Crippen molar-refractivity contribution >= 4 is 34.9 Å². The van der Waals surface area contributed by atoms with Crippen molar-refractivity contribution in [2.24, 2.45) is 11.7 Å². The maximum Gasteiger partial charge on any atom is 0.252 e. The Morgan fingerprint density at radius 1 is 1.02 bits per heavy atom. The van der Waals surface area contributed by atoms with E-state index >= 15 is 0 Å². The number of primary amides is 1. The zero-order chi connectivity index (χ0) is 35.2. The van der Waals surface area contributed by atoms with Crippen LogP contribution in [-0.2, 0) is 27.3 Å². The number of fused-ring (bicyclic) bond motifs is 2. The summed E-state index contributed by atoms with van der Waals surface area (Å²) in [5.74, 6) is -6.33. The summed E-state index contributed by atoms with van der Waals surface area (Å²) in [6, 6.07) is 16.0. The van der Waals surface area contributed by atoms with Crippen molar-refractivity contribution in [1.29, 1.82) is 0 Å². The molecule has 260 valence electrons. The number of rotatable bonds is 13. The Morgan fingerprint density at radius 3 is 2.41 bits per heavy atom. The third-order valence-corrected chi connectivity index (χ3v) is 9.51. The average Bonchev–Trinajstić information content (AvgIpc) is 3.09. The van der Waals surface area contributed by atoms with E-state index in [-0.39, 0.29) is 31.0 Å². The standard InChI is InChI=1S/C37H40ClF3N4O4/c1-3-26(35(42)46)36(47)45-20-25-18-27(32(31(21-45)43-25)37(48)44(4-2)19-24-9-5-6-10-28(24)38)23-13-11-22(12-14-23)8-7-17-49-34-30(40)16-15-29(39)33(34)41/h5-6,9-16,25-26,31,43H,3-4,7-8,17-21H2,1-2H3,(H2,42,46)/t25-,26?,31-/m1/s1. The van der Waals surface area contributed by atoms with E-state index in [4.69, 9.17) is 22.1 Å². The monoisotopic (exact) mass is 696 g/mol. The minimum Gasteiger partial charge on any atom is -0.488 e. The number of carbonyl (C=O) groups excluding carboxylic acids is 3. The molecule has 0 saturated carbocycles. The predicted octanol–water partition coefficient (Wildman–Crippen LogP) is 5.66. The number of nitrogens with one attached hydrogen (secondary N) is 1. The van der Waals surface area contributed by atoms with Crippen LogP contribution in [0.4, 0.5) is 13.2 Å². The van der Waals surface area contributed by atoms with Crippen LogP contribution < -0.4 is 15.8 Å². The van der Waals surface area contributed by atoms with Crippen molar-refractivity contribution < 1.29 is 32.3 Å². The van der Waals surface area contributed by atoms with Gasteiger partial charge in [-0.3, -0.25) is 14.4 Å². The number of hydrogen-bond acceptors (Lipinski definition) is 5. The van der Waals surface area contributed by atoms with E-state index in [1.165, 1.54) is 0 Å². The van der Waals surface area contributed by atoms with Crippen LogP contribution in [0.5, 0.6) is 5.75 Å². The van der Waals surface area contributed by atoms with E-state index in [9.17, 15) is 27.6 Å². The summed E-state index contributed by atoms with van der Waals surface area (Å²) in [4.78, 5) is 43.2. The molecule has 0 spiro atoms. The molecule has 8 nitrogen and oxygen atoms in total. The van der Waals surface area contributed by atoms with E-state index in [0.29, 0.717) is 62.0 Å². The first kappa shape index (κ1) is 35.9. The number of amides is 3. The van der Waals surface area contributed by atoms with Gasteiger partial charge in [-0.15, -0.1) is 0 Å². The van der Waals surface area contributed by atoms with Gasteiger partial charge in [-0.2, -0.15) is 4.39 Å². The molecular weight excluding hydrogens is 657 g/mol. The van der Waals surface area contributed by atoms with Crippen molar-refractivity contribution in [1.82, 2.24) is 15.1 Å². The second-order valence-corrected chi connectivity index (χ2v) is 12.8. The number of likely N-dealkylation sites (N-methyl/N-ethyl adjacent to an activating group) is 1. The Morgan fingerprint density at radius 2 is 1.73 bits per heavy atom. The Balaban J connectivity index is 1.39. The van der Waals surface area contributed by atoms with Crippen LogP contribution in [0.2, 0.25) is 5.02 Å². The molecule has 49 heavy (non-hydrogen) atoms. The fraction of sp³-hybridized carbons (Fsp3) is 0.378. The summed E-state index contributed by atoms with van der Waals surface area (Å²) in [6.07, 6.45) is 1.72. The van der Waals surface area contributed by atoms with Crippen LogP contribution in [0.1, 0.15) is 49.8 Å². The molecule has 5 rings (SSSR count). The third-order valence-electron chi connectivity index (χ3n) is 9.15. The number of piperazine rings is 1. The summed E-state index contributed by atoms with van der Waals surface area (Å²) in [6.45, 7) is 4.93. The second kappa shape index (κ2) is 15.9. The normalized spacial score (nSPS) is 17.9. The van der Waals surface area contributed by atoms with Crippen LogP contribution in [0.3, 0.4) is 0 Å². The lowest BCUT2D eigenvalue weighted by molar-refractivity contribution is -0.143. The molecule has 0 aromatic heterocycles. The second-order valence-electron chi connectivity index (χ2n) is 12.4. The SMILES string of the molecule is CCC(C(N)=O)C(=O)N1C[C@H]2CC(c3ccc(CCCOc4c(F)ccc(F)c4F)cc3)=C(C(=O)N(CC)Cc3ccccc3Cl)[C@@H](C1)N2. The highest BCUT2D eigenvalue weighted by atomic mass is 35.5. The van der Waals surface area contributed by atoms with Crippen molar-refractivity contribution in [3.05, 3.63) is 105 Å². The molecule has 3 aromatic rings. The summed E-state index contributed by atoms with van der Waals surface area (Å²) in [5, 5.41) is 4.11. The van der Waals surface area contributed by atoms with Gasteiger partial charge in [-0.1, -0.05) is 61.0 Å². The highest BCUT2D eigenvalue weighted by Gasteiger charge is 2.42. The van der Waals surface area contributed by atoms with Gasteiger partial charge >= 0.3 is 0 Å². The molecule has 12 heteroatoms. The lowest BCUT2D eigenvalue weighted by Gasteiger charge is -2.45. The molecule has 2 aliphatic rings. The summed E-state index contributed by atoms with van der Waals surface area (Å²) < 4.78 is 46.5. The predicted molar refractivity (Wildman–Crippen MR) is 181 cm³/mol. The largest absolute Gasteiger partial charge is 0.488 e. The van der Waals surface area contributed by atoms with E-state index in [1.54, 1.807) is 22.8 Å². The number of carbonyl (C=O) groups is 3. The molecule has 3 amide bonds. The molecule has 2 heterocycles. The van der Waals surface area contributed by atoms with Crippen LogP contribution in [-0.4, -0.2) is 65.8 Å². The number of ether oxygens (including phenoxy) is 1. The Kier molecular flexibility index (Phi) is 11.7. The molecule has 1 unspecified atom stereocenters. The lowest BCUT2D eigenvalue weighted by Crippen LogP contribution is -2.63. The molecule has 3 N–H and O–H groups in total. The van der Waals surface area contributed by atoms with E-state index < -0.39 is 41.1 Å². The Bertz CT molecular complexity index is 1730. The number of halogens is 4. The molecule has 0 aliphatic carbocycles. The van der Waals surface area contributed by atoms with Gasteiger partial charge in [0.1, 0.15) is 5.92 Å². The Hall–Kier alpha value is -4.35. The summed E-state index contributed by atoms with van der Waals surface area (Å²) in [5.41, 5.74) is 9.59. The quantitative estimate of drug-likeness (QED) is 0.137. The van der Waals surface area contributed by atoms with E-state index in [2.05, 4.69) is 5.32 Å². The molecule has 3 aromatic carbocycles. The molecular formula is C37H40ClF3N4O4. The molecule has 1 fully saturated rings. The third kappa shape index (κ3) is 8.11. The highest BCUT2D eigenvalue weighted by molar-refractivity contribution is 6.31. The van der Waals surface area contributed by atoms with Crippen LogP contribution >= 0.6 is 11.6 Å².